The highest BCUT2D eigenvalue weighted by Gasteiger charge is 2.22. The molecule has 2 aromatic carbocycles. The Morgan fingerprint density at radius 2 is 1.82 bits per heavy atom. The highest BCUT2D eigenvalue weighted by atomic mass is 35.5. The summed E-state index contributed by atoms with van der Waals surface area (Å²) >= 11 is 12.5. The van der Waals surface area contributed by atoms with Crippen LogP contribution in [0, 0.1) is 0 Å². The standard InChI is InChI=1S/C20H14Cl2N4O2/c1-2-28-20(27)17-19-23-11-15(14-5-3-4-6-16(14)22)18(26(19)25-24-17)12-7-9-13(21)10-8-12/h3-11H,2H2,1H3. The van der Waals surface area contributed by atoms with Crippen LogP contribution in [0.15, 0.2) is 54.7 Å². The van der Waals surface area contributed by atoms with Gasteiger partial charge < -0.3 is 4.74 Å². The van der Waals surface area contributed by atoms with Crippen molar-refractivity contribution < 1.29 is 9.53 Å². The van der Waals surface area contributed by atoms with Crippen LogP contribution in [0.2, 0.25) is 10.0 Å². The Bertz CT molecular complexity index is 1170. The average molecular weight is 413 g/mol. The Balaban J connectivity index is 2.02. The van der Waals surface area contributed by atoms with E-state index in [1.165, 1.54) is 4.52 Å². The van der Waals surface area contributed by atoms with Crippen molar-refractivity contribution in [3.63, 3.8) is 0 Å². The third-order valence-corrected chi connectivity index (χ3v) is 4.76. The van der Waals surface area contributed by atoms with Crippen molar-refractivity contribution >= 4 is 34.8 Å². The van der Waals surface area contributed by atoms with Crippen molar-refractivity contribution in [1.29, 1.82) is 0 Å². The van der Waals surface area contributed by atoms with E-state index < -0.39 is 5.97 Å². The summed E-state index contributed by atoms with van der Waals surface area (Å²) in [6.07, 6.45) is 1.66. The molecule has 0 N–H and O–H groups in total. The van der Waals surface area contributed by atoms with Crippen LogP contribution in [0.25, 0.3) is 28.0 Å². The van der Waals surface area contributed by atoms with Crippen LogP contribution >= 0.6 is 23.2 Å². The zero-order valence-electron chi connectivity index (χ0n) is 14.8. The monoisotopic (exact) mass is 412 g/mol. The number of aromatic nitrogens is 4. The molecule has 0 unspecified atom stereocenters. The SMILES string of the molecule is CCOC(=O)c1nnn2c(-c3ccc(Cl)cc3)c(-c3ccccc3Cl)cnc12. The van der Waals surface area contributed by atoms with Gasteiger partial charge in [0.15, 0.2) is 5.65 Å². The van der Waals surface area contributed by atoms with Crippen LogP contribution in [0.4, 0.5) is 0 Å². The zero-order valence-corrected chi connectivity index (χ0v) is 16.3. The van der Waals surface area contributed by atoms with Crippen LogP contribution < -0.4 is 0 Å². The van der Waals surface area contributed by atoms with Gasteiger partial charge in [0.2, 0.25) is 5.69 Å². The molecule has 0 fully saturated rings. The van der Waals surface area contributed by atoms with E-state index in [2.05, 4.69) is 15.3 Å². The number of carbonyl (C=O) groups excluding carboxylic acids is 1. The second kappa shape index (κ2) is 7.58. The first kappa shape index (κ1) is 18.4. The molecule has 6 nitrogen and oxygen atoms in total. The number of carbonyl (C=O) groups is 1. The van der Waals surface area contributed by atoms with Crippen LogP contribution in [0.1, 0.15) is 17.4 Å². The molecular formula is C20H14Cl2N4O2. The average Bonchev–Trinajstić information content (AvgIpc) is 3.13. The number of hydrogen-bond donors (Lipinski definition) is 0. The highest BCUT2D eigenvalue weighted by molar-refractivity contribution is 6.33. The van der Waals surface area contributed by atoms with Crippen molar-refractivity contribution in [2.45, 2.75) is 6.92 Å². The lowest BCUT2D eigenvalue weighted by atomic mass is 10.0. The second-order valence-electron chi connectivity index (χ2n) is 5.90. The predicted molar refractivity (Wildman–Crippen MR) is 108 cm³/mol. The largest absolute Gasteiger partial charge is 0.461 e. The number of nitrogens with zero attached hydrogens (tertiary/aromatic N) is 4. The molecule has 0 spiro atoms. The number of esters is 1. The number of hydrogen-bond acceptors (Lipinski definition) is 5. The van der Waals surface area contributed by atoms with E-state index in [4.69, 9.17) is 27.9 Å². The van der Waals surface area contributed by atoms with Gasteiger partial charge in [0.25, 0.3) is 0 Å². The Morgan fingerprint density at radius 3 is 2.54 bits per heavy atom. The Hall–Kier alpha value is -2.96. The predicted octanol–water partition coefficient (Wildman–Crippen LogP) is 4.94. The van der Waals surface area contributed by atoms with E-state index in [1.54, 1.807) is 31.3 Å². The van der Waals surface area contributed by atoms with Gasteiger partial charge in [-0.05, 0) is 25.1 Å². The van der Waals surface area contributed by atoms with E-state index >= 15 is 0 Å². The molecule has 0 saturated carbocycles. The molecule has 0 saturated heterocycles. The third kappa shape index (κ3) is 3.21. The van der Waals surface area contributed by atoms with E-state index in [0.29, 0.717) is 21.4 Å². The molecule has 2 aromatic heterocycles. The van der Waals surface area contributed by atoms with E-state index in [9.17, 15) is 4.79 Å². The van der Waals surface area contributed by atoms with Crippen molar-refractivity contribution in [2.24, 2.45) is 0 Å². The maximum atomic E-state index is 12.2. The van der Waals surface area contributed by atoms with Gasteiger partial charge in [-0.2, -0.15) is 4.52 Å². The number of halogens is 2. The minimum atomic E-state index is -0.572. The van der Waals surface area contributed by atoms with Gasteiger partial charge >= 0.3 is 5.97 Å². The molecule has 4 aromatic rings. The molecule has 0 aliphatic carbocycles. The molecule has 0 atom stereocenters. The molecule has 0 bridgehead atoms. The van der Waals surface area contributed by atoms with Crippen molar-refractivity contribution in [3.05, 3.63) is 70.5 Å². The fourth-order valence-corrected chi connectivity index (χ4v) is 3.30. The summed E-state index contributed by atoms with van der Waals surface area (Å²) in [4.78, 5) is 16.6. The lowest BCUT2D eigenvalue weighted by molar-refractivity contribution is 0.0521. The van der Waals surface area contributed by atoms with Crippen LogP contribution in [0.5, 0.6) is 0 Å². The minimum absolute atomic E-state index is 0.0581. The van der Waals surface area contributed by atoms with Gasteiger partial charge in [-0.25, -0.2) is 9.78 Å². The lowest BCUT2D eigenvalue weighted by Gasteiger charge is -2.12. The number of benzene rings is 2. The van der Waals surface area contributed by atoms with Gasteiger partial charge in [0.05, 0.1) is 12.3 Å². The quantitative estimate of drug-likeness (QED) is 0.443. The smallest absolute Gasteiger partial charge is 0.362 e. The molecule has 8 heteroatoms. The first-order valence-corrected chi connectivity index (χ1v) is 9.28. The summed E-state index contributed by atoms with van der Waals surface area (Å²) in [5.74, 6) is -0.572. The van der Waals surface area contributed by atoms with E-state index in [-0.39, 0.29) is 12.3 Å². The minimum Gasteiger partial charge on any atom is -0.461 e. The molecule has 140 valence electrons. The topological polar surface area (TPSA) is 69.4 Å². The molecule has 0 radical (unpaired) electrons. The summed E-state index contributed by atoms with van der Waals surface area (Å²) in [5, 5.41) is 9.34. The van der Waals surface area contributed by atoms with E-state index in [1.807, 2.05) is 30.3 Å². The molecule has 28 heavy (non-hydrogen) atoms. The highest BCUT2D eigenvalue weighted by Crippen LogP contribution is 2.36. The van der Waals surface area contributed by atoms with Crippen LogP contribution in [-0.4, -0.2) is 32.4 Å². The number of ether oxygens (including phenoxy) is 1. The van der Waals surface area contributed by atoms with Gasteiger partial charge in [-0.15, -0.1) is 5.10 Å². The fourth-order valence-electron chi connectivity index (χ4n) is 2.94. The molecule has 2 heterocycles. The molecule has 4 rings (SSSR count). The maximum Gasteiger partial charge on any atom is 0.362 e. The first-order chi connectivity index (χ1) is 13.6. The zero-order chi connectivity index (χ0) is 19.7. The normalized spacial score (nSPS) is 11.0. The molecule has 0 aliphatic heterocycles. The molecule has 0 aliphatic rings. The van der Waals surface area contributed by atoms with Crippen molar-refractivity contribution in [1.82, 2.24) is 19.8 Å². The van der Waals surface area contributed by atoms with Crippen molar-refractivity contribution in [2.75, 3.05) is 6.61 Å². The van der Waals surface area contributed by atoms with Crippen molar-refractivity contribution in [3.8, 4) is 22.4 Å². The summed E-state index contributed by atoms with van der Waals surface area (Å²) in [7, 11) is 0. The third-order valence-electron chi connectivity index (χ3n) is 4.18. The Morgan fingerprint density at radius 1 is 1.07 bits per heavy atom. The fraction of sp³-hybridized carbons (Fsp3) is 0.100. The second-order valence-corrected chi connectivity index (χ2v) is 6.74. The Kier molecular flexibility index (Phi) is 4.98. The van der Waals surface area contributed by atoms with Crippen LogP contribution in [-0.2, 0) is 4.74 Å². The Labute approximate surface area is 170 Å². The number of fused-ring (bicyclic) bond motifs is 1. The van der Waals surface area contributed by atoms with Gasteiger partial charge in [0, 0.05) is 32.9 Å². The van der Waals surface area contributed by atoms with Gasteiger partial charge in [0.1, 0.15) is 0 Å². The lowest BCUT2D eigenvalue weighted by Crippen LogP contribution is -2.07. The van der Waals surface area contributed by atoms with Gasteiger partial charge in [-0.1, -0.05) is 58.7 Å². The van der Waals surface area contributed by atoms with E-state index in [0.717, 1.165) is 16.7 Å². The van der Waals surface area contributed by atoms with Crippen LogP contribution in [0.3, 0.4) is 0 Å². The first-order valence-electron chi connectivity index (χ1n) is 8.52. The molecule has 0 amide bonds. The summed E-state index contributed by atoms with van der Waals surface area (Å²) in [6, 6.07) is 14.7. The number of rotatable bonds is 4. The van der Waals surface area contributed by atoms with Gasteiger partial charge in [-0.3, -0.25) is 0 Å². The summed E-state index contributed by atoms with van der Waals surface area (Å²) < 4.78 is 6.58. The maximum absolute atomic E-state index is 12.2. The summed E-state index contributed by atoms with van der Waals surface area (Å²) in [6.45, 7) is 1.96. The molecular weight excluding hydrogens is 399 g/mol. The summed E-state index contributed by atoms with van der Waals surface area (Å²) in [5.41, 5.74) is 3.42.